The van der Waals surface area contributed by atoms with E-state index in [1.165, 1.54) is 28.9 Å². The molecular formula is C16H14FN3S. The van der Waals surface area contributed by atoms with E-state index in [-0.39, 0.29) is 5.82 Å². The van der Waals surface area contributed by atoms with Gasteiger partial charge in [-0.15, -0.1) is 11.3 Å². The van der Waals surface area contributed by atoms with E-state index in [0.29, 0.717) is 11.3 Å². The Hall–Kier alpha value is -2.01. The predicted octanol–water partition coefficient (Wildman–Crippen LogP) is 4.32. The smallest absolute Gasteiger partial charge is 0.149 e. The van der Waals surface area contributed by atoms with Crippen molar-refractivity contribution in [1.29, 1.82) is 0 Å². The van der Waals surface area contributed by atoms with Crippen LogP contribution in [-0.2, 0) is 6.54 Å². The van der Waals surface area contributed by atoms with Crippen molar-refractivity contribution in [3.05, 3.63) is 52.5 Å². The number of thiazole rings is 1. The van der Waals surface area contributed by atoms with E-state index in [0.717, 1.165) is 17.6 Å². The first-order valence-electron chi connectivity index (χ1n) is 7.01. The first-order chi connectivity index (χ1) is 10.3. The SMILES string of the molecule is Fc1cncc2ccc(NCc3cnc(C4CC4)s3)cc12. The van der Waals surface area contributed by atoms with Crippen molar-refractivity contribution >= 4 is 27.8 Å². The van der Waals surface area contributed by atoms with Gasteiger partial charge in [0, 0.05) is 39.6 Å². The number of nitrogens with zero attached hydrogens (tertiary/aromatic N) is 2. The minimum atomic E-state index is -0.287. The number of anilines is 1. The zero-order valence-electron chi connectivity index (χ0n) is 11.3. The van der Waals surface area contributed by atoms with Crippen molar-refractivity contribution in [2.75, 3.05) is 5.32 Å². The number of rotatable bonds is 4. The maximum atomic E-state index is 13.7. The Morgan fingerprint density at radius 3 is 3.00 bits per heavy atom. The van der Waals surface area contributed by atoms with Gasteiger partial charge in [0.25, 0.3) is 0 Å². The molecule has 0 atom stereocenters. The number of halogens is 1. The van der Waals surface area contributed by atoms with E-state index in [4.69, 9.17) is 0 Å². The highest BCUT2D eigenvalue weighted by molar-refractivity contribution is 7.11. The van der Waals surface area contributed by atoms with E-state index in [1.807, 2.05) is 24.4 Å². The van der Waals surface area contributed by atoms with Crippen LogP contribution in [-0.4, -0.2) is 9.97 Å². The first-order valence-corrected chi connectivity index (χ1v) is 7.83. The molecule has 0 bridgehead atoms. The average molecular weight is 299 g/mol. The van der Waals surface area contributed by atoms with Crippen LogP contribution < -0.4 is 5.32 Å². The zero-order valence-corrected chi connectivity index (χ0v) is 12.2. The van der Waals surface area contributed by atoms with E-state index in [2.05, 4.69) is 15.3 Å². The molecule has 0 aliphatic heterocycles. The lowest BCUT2D eigenvalue weighted by Crippen LogP contribution is -1.97. The second-order valence-electron chi connectivity index (χ2n) is 5.35. The van der Waals surface area contributed by atoms with Crippen LogP contribution in [0.3, 0.4) is 0 Å². The predicted molar refractivity (Wildman–Crippen MR) is 83.1 cm³/mol. The summed E-state index contributed by atoms with van der Waals surface area (Å²) in [6.07, 6.45) is 7.41. The third kappa shape index (κ3) is 2.61. The maximum absolute atomic E-state index is 13.7. The van der Waals surface area contributed by atoms with Gasteiger partial charge >= 0.3 is 0 Å². The Morgan fingerprint density at radius 2 is 2.14 bits per heavy atom. The fraction of sp³-hybridized carbons (Fsp3) is 0.250. The zero-order chi connectivity index (χ0) is 14.2. The molecule has 0 amide bonds. The number of hydrogen-bond acceptors (Lipinski definition) is 4. The summed E-state index contributed by atoms with van der Waals surface area (Å²) < 4.78 is 13.7. The molecule has 5 heteroatoms. The third-order valence-corrected chi connectivity index (χ3v) is 4.84. The summed E-state index contributed by atoms with van der Waals surface area (Å²) in [4.78, 5) is 9.54. The van der Waals surface area contributed by atoms with E-state index < -0.39 is 0 Å². The standard InChI is InChI=1S/C16H14FN3S/c17-15-9-18-6-11-3-4-12(5-14(11)15)19-7-13-8-20-16(21-13)10-1-2-10/h3-6,8-10,19H,1-2,7H2. The van der Waals surface area contributed by atoms with Crippen molar-refractivity contribution in [3.63, 3.8) is 0 Å². The lowest BCUT2D eigenvalue weighted by molar-refractivity contribution is 0.634. The molecule has 2 aromatic heterocycles. The third-order valence-electron chi connectivity index (χ3n) is 3.68. The molecule has 4 rings (SSSR count). The molecule has 1 aliphatic rings. The van der Waals surface area contributed by atoms with Crippen molar-refractivity contribution < 1.29 is 4.39 Å². The number of fused-ring (bicyclic) bond motifs is 1. The second kappa shape index (κ2) is 5.07. The van der Waals surface area contributed by atoms with E-state index in [9.17, 15) is 4.39 Å². The van der Waals surface area contributed by atoms with Crippen LogP contribution >= 0.6 is 11.3 Å². The van der Waals surface area contributed by atoms with Gasteiger partial charge in [-0.2, -0.15) is 0 Å². The molecule has 0 saturated heterocycles. The highest BCUT2D eigenvalue weighted by Gasteiger charge is 2.26. The highest BCUT2D eigenvalue weighted by Crippen LogP contribution is 2.41. The summed E-state index contributed by atoms with van der Waals surface area (Å²) in [6.45, 7) is 0.725. The van der Waals surface area contributed by atoms with Gasteiger partial charge in [-0.05, 0) is 25.0 Å². The molecule has 1 saturated carbocycles. The lowest BCUT2D eigenvalue weighted by atomic mass is 10.1. The molecule has 1 aliphatic carbocycles. The average Bonchev–Trinajstić information content (AvgIpc) is 3.25. The summed E-state index contributed by atoms with van der Waals surface area (Å²) in [5.41, 5.74) is 0.911. The summed E-state index contributed by atoms with van der Waals surface area (Å²) >= 11 is 1.77. The lowest BCUT2D eigenvalue weighted by Gasteiger charge is -2.06. The second-order valence-corrected chi connectivity index (χ2v) is 6.50. The fourth-order valence-electron chi connectivity index (χ4n) is 2.35. The Bertz CT molecular complexity index is 795. The number of pyridine rings is 1. The van der Waals surface area contributed by atoms with Gasteiger partial charge in [-0.25, -0.2) is 9.37 Å². The van der Waals surface area contributed by atoms with Crippen LogP contribution in [0.25, 0.3) is 10.8 Å². The molecule has 0 unspecified atom stereocenters. The molecule has 1 aromatic carbocycles. The molecule has 0 spiro atoms. The summed E-state index contributed by atoms with van der Waals surface area (Å²) in [7, 11) is 0. The number of nitrogens with one attached hydrogen (secondary N) is 1. The largest absolute Gasteiger partial charge is 0.380 e. The van der Waals surface area contributed by atoms with E-state index in [1.54, 1.807) is 17.5 Å². The normalized spacial score (nSPS) is 14.5. The number of aromatic nitrogens is 2. The van der Waals surface area contributed by atoms with Gasteiger partial charge in [0.05, 0.1) is 17.7 Å². The fourth-order valence-corrected chi connectivity index (χ4v) is 3.38. The first kappa shape index (κ1) is 12.7. The van der Waals surface area contributed by atoms with Crippen LogP contribution in [0.1, 0.15) is 28.6 Å². The number of hydrogen-bond donors (Lipinski definition) is 1. The van der Waals surface area contributed by atoms with Gasteiger partial charge in [-0.1, -0.05) is 6.07 Å². The van der Waals surface area contributed by atoms with Gasteiger partial charge in [-0.3, -0.25) is 4.98 Å². The van der Waals surface area contributed by atoms with Crippen LogP contribution in [0.15, 0.2) is 36.8 Å². The van der Waals surface area contributed by atoms with Crippen molar-refractivity contribution in [3.8, 4) is 0 Å². The maximum Gasteiger partial charge on any atom is 0.149 e. The van der Waals surface area contributed by atoms with Gasteiger partial charge < -0.3 is 5.32 Å². The van der Waals surface area contributed by atoms with Crippen molar-refractivity contribution in [2.45, 2.75) is 25.3 Å². The minimum Gasteiger partial charge on any atom is -0.380 e. The van der Waals surface area contributed by atoms with Gasteiger partial charge in [0.15, 0.2) is 0 Å². The van der Waals surface area contributed by atoms with Crippen LogP contribution in [0.4, 0.5) is 10.1 Å². The quantitative estimate of drug-likeness (QED) is 0.779. The van der Waals surface area contributed by atoms with Crippen LogP contribution in [0.5, 0.6) is 0 Å². The molecule has 3 nitrogen and oxygen atoms in total. The monoisotopic (exact) mass is 299 g/mol. The molecule has 21 heavy (non-hydrogen) atoms. The Balaban J connectivity index is 1.52. The van der Waals surface area contributed by atoms with Crippen molar-refractivity contribution in [1.82, 2.24) is 9.97 Å². The molecule has 0 radical (unpaired) electrons. The van der Waals surface area contributed by atoms with E-state index >= 15 is 0 Å². The molecular weight excluding hydrogens is 285 g/mol. The Kier molecular flexibility index (Phi) is 3.07. The van der Waals surface area contributed by atoms with Gasteiger partial charge in [0.1, 0.15) is 5.82 Å². The summed E-state index contributed by atoms with van der Waals surface area (Å²) in [6, 6.07) is 5.66. The summed E-state index contributed by atoms with van der Waals surface area (Å²) in [5.74, 6) is 0.413. The van der Waals surface area contributed by atoms with Crippen LogP contribution in [0.2, 0.25) is 0 Å². The molecule has 3 aromatic rings. The minimum absolute atomic E-state index is 0.287. The molecule has 1 N–H and O–H groups in total. The molecule has 1 fully saturated rings. The Morgan fingerprint density at radius 1 is 1.24 bits per heavy atom. The van der Waals surface area contributed by atoms with Crippen molar-refractivity contribution in [2.24, 2.45) is 0 Å². The molecule has 2 heterocycles. The molecule has 106 valence electrons. The number of benzene rings is 1. The topological polar surface area (TPSA) is 37.8 Å². The highest BCUT2D eigenvalue weighted by atomic mass is 32.1. The van der Waals surface area contributed by atoms with Crippen LogP contribution in [0, 0.1) is 5.82 Å². The van der Waals surface area contributed by atoms with Gasteiger partial charge in [0.2, 0.25) is 0 Å². The summed E-state index contributed by atoms with van der Waals surface area (Å²) in [5, 5.41) is 6.00. The Labute approximate surface area is 125 Å².